The highest BCUT2D eigenvalue weighted by Crippen LogP contribution is 2.32. The van der Waals surface area contributed by atoms with Crippen molar-refractivity contribution in [3.05, 3.63) is 23.5 Å². The van der Waals surface area contributed by atoms with Crippen LogP contribution in [0.25, 0.3) is 5.65 Å². The van der Waals surface area contributed by atoms with Crippen molar-refractivity contribution in [1.82, 2.24) is 29.3 Å². The normalized spacial score (nSPS) is 20.8. The van der Waals surface area contributed by atoms with Crippen molar-refractivity contribution >= 4 is 23.3 Å². The maximum atomic E-state index is 13.0. The Morgan fingerprint density at radius 3 is 2.43 bits per heavy atom. The van der Waals surface area contributed by atoms with E-state index in [2.05, 4.69) is 21.9 Å². The highest BCUT2D eigenvalue weighted by molar-refractivity contribution is 5.83. The molecule has 2 aromatic rings. The summed E-state index contributed by atoms with van der Waals surface area (Å²) in [6, 6.07) is 1.95. The number of carbonyl (C=O) groups excluding carboxylic acids is 2. The third-order valence-corrected chi connectivity index (χ3v) is 6.73. The van der Waals surface area contributed by atoms with Gasteiger partial charge in [-0.15, -0.1) is 0 Å². The molecule has 160 valence electrons. The van der Waals surface area contributed by atoms with E-state index in [0.717, 1.165) is 43.1 Å². The van der Waals surface area contributed by atoms with E-state index in [1.165, 1.54) is 5.56 Å². The van der Waals surface area contributed by atoms with Crippen LogP contribution < -0.4 is 4.90 Å². The van der Waals surface area contributed by atoms with Crippen molar-refractivity contribution in [1.29, 1.82) is 0 Å². The second kappa shape index (κ2) is 7.54. The van der Waals surface area contributed by atoms with Gasteiger partial charge >= 0.3 is 0 Å². The van der Waals surface area contributed by atoms with E-state index in [-0.39, 0.29) is 17.7 Å². The molecule has 2 fully saturated rings. The fourth-order valence-electron chi connectivity index (χ4n) is 4.81. The van der Waals surface area contributed by atoms with Crippen molar-refractivity contribution in [2.24, 2.45) is 5.92 Å². The molecule has 2 amide bonds. The number of anilines is 1. The van der Waals surface area contributed by atoms with Crippen molar-refractivity contribution in [3.63, 3.8) is 0 Å². The number of amides is 2. The van der Waals surface area contributed by atoms with Crippen LogP contribution in [0, 0.1) is 5.92 Å². The van der Waals surface area contributed by atoms with E-state index in [9.17, 15) is 9.59 Å². The zero-order valence-electron chi connectivity index (χ0n) is 17.8. The van der Waals surface area contributed by atoms with Crippen molar-refractivity contribution in [2.45, 2.75) is 19.8 Å². The van der Waals surface area contributed by atoms with Crippen LogP contribution >= 0.6 is 0 Å². The van der Waals surface area contributed by atoms with Crippen molar-refractivity contribution < 1.29 is 9.59 Å². The summed E-state index contributed by atoms with van der Waals surface area (Å²) in [5.74, 6) is 1.42. The Kier molecular flexibility index (Phi) is 4.85. The summed E-state index contributed by atoms with van der Waals surface area (Å²) in [6.45, 7) is 7.58. The molecule has 0 atom stereocenters. The van der Waals surface area contributed by atoms with E-state index >= 15 is 0 Å². The molecule has 0 N–H and O–H groups in total. The molecule has 30 heavy (non-hydrogen) atoms. The monoisotopic (exact) mass is 411 g/mol. The van der Waals surface area contributed by atoms with Crippen LogP contribution in [0.3, 0.4) is 0 Å². The molecule has 0 saturated carbocycles. The van der Waals surface area contributed by atoms with Crippen LogP contribution in [0.15, 0.2) is 12.3 Å². The first-order valence-corrected chi connectivity index (χ1v) is 10.8. The molecule has 9 nitrogen and oxygen atoms in total. The number of fused-ring (bicyclic) bond motifs is 2. The molecule has 0 unspecified atom stereocenters. The maximum absolute atomic E-state index is 13.0. The number of hydrogen-bond acceptors (Lipinski definition) is 6. The molecular weight excluding hydrogens is 382 g/mol. The highest BCUT2D eigenvalue weighted by Gasteiger charge is 2.39. The molecule has 3 aliphatic heterocycles. The Morgan fingerprint density at radius 2 is 1.70 bits per heavy atom. The molecule has 3 aliphatic rings. The average Bonchev–Trinajstić information content (AvgIpc) is 3.10. The molecule has 5 heterocycles. The van der Waals surface area contributed by atoms with E-state index < -0.39 is 0 Å². The van der Waals surface area contributed by atoms with Gasteiger partial charge in [0, 0.05) is 77.3 Å². The minimum absolute atomic E-state index is 0.0109. The van der Waals surface area contributed by atoms with Crippen LogP contribution in [-0.4, -0.2) is 101 Å². The summed E-state index contributed by atoms with van der Waals surface area (Å²) < 4.78 is 1.94. The number of carbonyl (C=O) groups is 2. The largest absolute Gasteiger partial charge is 0.354 e. The predicted octanol–water partition coefficient (Wildman–Crippen LogP) is -0.113. The van der Waals surface area contributed by atoms with E-state index in [0.29, 0.717) is 39.3 Å². The van der Waals surface area contributed by atoms with Gasteiger partial charge in [-0.2, -0.15) is 9.61 Å². The van der Waals surface area contributed by atoms with Gasteiger partial charge in [0.05, 0.1) is 17.8 Å². The first-order valence-electron chi connectivity index (χ1n) is 10.8. The summed E-state index contributed by atoms with van der Waals surface area (Å²) >= 11 is 0. The third-order valence-electron chi connectivity index (χ3n) is 6.73. The van der Waals surface area contributed by atoms with Crippen LogP contribution in [-0.2, 0) is 22.4 Å². The van der Waals surface area contributed by atoms with Gasteiger partial charge < -0.3 is 19.6 Å². The molecule has 0 aliphatic carbocycles. The number of likely N-dealkylation sites (N-methyl/N-ethyl adjacent to an activating group) is 1. The third kappa shape index (κ3) is 3.30. The zero-order valence-corrected chi connectivity index (χ0v) is 17.8. The van der Waals surface area contributed by atoms with Gasteiger partial charge in [-0.1, -0.05) is 0 Å². The maximum Gasteiger partial charge on any atom is 0.229 e. The Bertz CT molecular complexity index is 973. The highest BCUT2D eigenvalue weighted by atomic mass is 16.2. The fraction of sp³-hybridized carbons (Fsp3) is 0.619. The minimum Gasteiger partial charge on any atom is -0.354 e. The predicted molar refractivity (Wildman–Crippen MR) is 112 cm³/mol. The van der Waals surface area contributed by atoms with Gasteiger partial charge in [0.1, 0.15) is 5.82 Å². The molecule has 5 rings (SSSR count). The molecular formula is C21H29N7O2. The second-order valence-corrected chi connectivity index (χ2v) is 8.70. The molecule has 0 spiro atoms. The summed E-state index contributed by atoms with van der Waals surface area (Å²) in [5, 5.41) is 4.53. The quantitative estimate of drug-likeness (QED) is 0.686. The molecule has 0 radical (unpaired) electrons. The lowest BCUT2D eigenvalue weighted by molar-refractivity contribution is -0.141. The summed E-state index contributed by atoms with van der Waals surface area (Å²) in [4.78, 5) is 37.7. The fourth-order valence-corrected chi connectivity index (χ4v) is 4.81. The molecule has 0 bridgehead atoms. The van der Waals surface area contributed by atoms with Crippen LogP contribution in [0.4, 0.5) is 5.82 Å². The average molecular weight is 412 g/mol. The Hall–Kier alpha value is -2.68. The van der Waals surface area contributed by atoms with E-state index in [4.69, 9.17) is 4.98 Å². The first-order chi connectivity index (χ1) is 14.5. The van der Waals surface area contributed by atoms with Gasteiger partial charge in [-0.25, -0.2) is 4.98 Å². The van der Waals surface area contributed by atoms with Crippen LogP contribution in [0.2, 0.25) is 0 Å². The summed E-state index contributed by atoms with van der Waals surface area (Å²) in [6.07, 6.45) is 3.69. The van der Waals surface area contributed by atoms with Crippen molar-refractivity contribution in [3.8, 4) is 0 Å². The van der Waals surface area contributed by atoms with Crippen molar-refractivity contribution in [2.75, 3.05) is 64.3 Å². The van der Waals surface area contributed by atoms with Crippen LogP contribution in [0.1, 0.15) is 18.2 Å². The Labute approximate surface area is 176 Å². The van der Waals surface area contributed by atoms with Gasteiger partial charge in [0.25, 0.3) is 0 Å². The SMILES string of the molecule is CC(=O)N1CCN(C(=O)C2CN(c3c4c(nc5ccnn35)CCN(C)CC4)C2)CC1. The molecule has 2 aromatic heterocycles. The smallest absolute Gasteiger partial charge is 0.229 e. The summed E-state index contributed by atoms with van der Waals surface area (Å²) in [7, 11) is 2.15. The second-order valence-electron chi connectivity index (χ2n) is 8.70. The number of hydrogen-bond donors (Lipinski definition) is 0. The van der Waals surface area contributed by atoms with Gasteiger partial charge in [0.15, 0.2) is 5.65 Å². The first kappa shape index (κ1) is 19.3. The Morgan fingerprint density at radius 1 is 1.00 bits per heavy atom. The van der Waals surface area contributed by atoms with Gasteiger partial charge in [-0.3, -0.25) is 9.59 Å². The number of piperazine rings is 1. The van der Waals surface area contributed by atoms with Gasteiger partial charge in [-0.05, 0) is 13.5 Å². The lowest BCUT2D eigenvalue weighted by Gasteiger charge is -2.44. The van der Waals surface area contributed by atoms with E-state index in [1.54, 1.807) is 13.1 Å². The topological polar surface area (TPSA) is 77.3 Å². The number of rotatable bonds is 2. The molecule has 0 aromatic carbocycles. The standard InChI is InChI=1S/C21H29N7O2/c1-15(29)25-9-11-26(12-10-25)21(30)16-13-27(14-16)20-17-4-7-24(2)8-5-18(17)23-19-3-6-22-28(19)20/h3,6,16H,4-5,7-14H2,1-2H3. The minimum atomic E-state index is 0.0109. The van der Waals surface area contributed by atoms with Crippen LogP contribution in [0.5, 0.6) is 0 Å². The lowest BCUT2D eigenvalue weighted by Crippen LogP contribution is -2.58. The molecule has 9 heteroatoms. The Balaban J connectivity index is 1.32. The summed E-state index contributed by atoms with van der Waals surface area (Å²) in [5.41, 5.74) is 3.32. The number of nitrogens with zero attached hydrogens (tertiary/aromatic N) is 7. The molecule has 2 saturated heterocycles. The van der Waals surface area contributed by atoms with Gasteiger partial charge in [0.2, 0.25) is 11.8 Å². The lowest BCUT2D eigenvalue weighted by atomic mass is 9.96. The van der Waals surface area contributed by atoms with E-state index in [1.807, 2.05) is 20.4 Å². The number of aromatic nitrogens is 3. The zero-order chi connectivity index (χ0) is 20.8.